The number of nitrogens with zero attached hydrogens (tertiary/aromatic N) is 1. The highest BCUT2D eigenvalue weighted by atomic mass is 16.2. The van der Waals surface area contributed by atoms with Gasteiger partial charge in [-0.15, -0.1) is 6.58 Å². The fourth-order valence-electron chi connectivity index (χ4n) is 1.31. The second-order valence-corrected chi connectivity index (χ2v) is 3.12. The van der Waals surface area contributed by atoms with E-state index in [1.807, 2.05) is 0 Å². The minimum absolute atomic E-state index is 0.0850. The van der Waals surface area contributed by atoms with Gasteiger partial charge in [-0.3, -0.25) is 9.69 Å². The molecule has 1 amide bonds. The maximum atomic E-state index is 11.2. The summed E-state index contributed by atoms with van der Waals surface area (Å²) >= 11 is 0. The van der Waals surface area contributed by atoms with Crippen LogP contribution < -0.4 is 10.6 Å². The molecule has 1 heterocycles. The van der Waals surface area contributed by atoms with Gasteiger partial charge >= 0.3 is 0 Å². The van der Waals surface area contributed by atoms with E-state index in [9.17, 15) is 4.79 Å². The van der Waals surface area contributed by atoms with Gasteiger partial charge in [-0.2, -0.15) is 0 Å². The summed E-state index contributed by atoms with van der Waals surface area (Å²) in [5, 5.41) is 6.00. The van der Waals surface area contributed by atoms with Crippen molar-refractivity contribution in [1.82, 2.24) is 15.5 Å². The van der Waals surface area contributed by atoms with Crippen LogP contribution in [0.3, 0.4) is 0 Å². The number of hydrogen-bond donors (Lipinski definition) is 2. The molecule has 13 heavy (non-hydrogen) atoms. The first-order valence-corrected chi connectivity index (χ1v) is 4.63. The Kier molecular flexibility index (Phi) is 4.49. The second-order valence-electron chi connectivity index (χ2n) is 3.12. The summed E-state index contributed by atoms with van der Waals surface area (Å²) < 4.78 is 0. The number of hydrogen-bond acceptors (Lipinski definition) is 3. The highest BCUT2D eigenvalue weighted by Crippen LogP contribution is 1.90. The molecule has 1 aliphatic heterocycles. The minimum atomic E-state index is 0.0850. The standard InChI is InChI=1S/C9H17N3O/c1-2-3-11-9(13)8-12-6-4-10-5-7-12/h2,10H,1,3-8H2,(H,11,13). The zero-order chi connectivity index (χ0) is 9.52. The van der Waals surface area contributed by atoms with E-state index < -0.39 is 0 Å². The lowest BCUT2D eigenvalue weighted by molar-refractivity contribution is -0.122. The summed E-state index contributed by atoms with van der Waals surface area (Å²) in [5.41, 5.74) is 0. The molecule has 0 saturated carbocycles. The van der Waals surface area contributed by atoms with E-state index in [1.54, 1.807) is 6.08 Å². The van der Waals surface area contributed by atoms with Crippen LogP contribution in [-0.2, 0) is 4.79 Å². The first-order valence-electron chi connectivity index (χ1n) is 4.63. The molecule has 4 heteroatoms. The molecule has 0 aromatic rings. The van der Waals surface area contributed by atoms with E-state index >= 15 is 0 Å². The van der Waals surface area contributed by atoms with Crippen LogP contribution in [0.15, 0.2) is 12.7 Å². The predicted octanol–water partition coefficient (Wildman–Crippen LogP) is -0.806. The van der Waals surface area contributed by atoms with Crippen molar-refractivity contribution in [2.24, 2.45) is 0 Å². The van der Waals surface area contributed by atoms with Crippen LogP contribution in [0.4, 0.5) is 0 Å². The third-order valence-electron chi connectivity index (χ3n) is 2.02. The molecule has 2 N–H and O–H groups in total. The van der Waals surface area contributed by atoms with Gasteiger partial charge in [-0.05, 0) is 0 Å². The van der Waals surface area contributed by atoms with Crippen molar-refractivity contribution in [3.8, 4) is 0 Å². The number of carbonyl (C=O) groups excluding carboxylic acids is 1. The molecular formula is C9H17N3O. The van der Waals surface area contributed by atoms with Gasteiger partial charge in [-0.25, -0.2) is 0 Å². The second kappa shape index (κ2) is 5.72. The summed E-state index contributed by atoms with van der Waals surface area (Å²) in [4.78, 5) is 13.4. The fraction of sp³-hybridized carbons (Fsp3) is 0.667. The quantitative estimate of drug-likeness (QED) is 0.561. The molecule has 1 fully saturated rings. The molecule has 0 spiro atoms. The Balaban J connectivity index is 2.14. The SMILES string of the molecule is C=CCNC(=O)CN1CCNCC1. The minimum Gasteiger partial charge on any atom is -0.352 e. The molecule has 0 aromatic heterocycles. The van der Waals surface area contributed by atoms with Crippen LogP contribution >= 0.6 is 0 Å². The van der Waals surface area contributed by atoms with Crippen molar-refractivity contribution in [1.29, 1.82) is 0 Å². The molecule has 0 radical (unpaired) electrons. The van der Waals surface area contributed by atoms with Crippen molar-refractivity contribution < 1.29 is 4.79 Å². The van der Waals surface area contributed by atoms with Gasteiger partial charge in [0.25, 0.3) is 0 Å². The van der Waals surface area contributed by atoms with Gasteiger partial charge in [-0.1, -0.05) is 6.08 Å². The molecule has 0 aliphatic carbocycles. The zero-order valence-electron chi connectivity index (χ0n) is 7.88. The van der Waals surface area contributed by atoms with Crippen molar-refractivity contribution in [2.75, 3.05) is 39.3 Å². The molecule has 0 atom stereocenters. The van der Waals surface area contributed by atoms with E-state index in [0.717, 1.165) is 26.2 Å². The Bertz CT molecular complexity index is 176. The summed E-state index contributed by atoms with van der Waals surface area (Å²) in [6.45, 7) is 8.49. The van der Waals surface area contributed by atoms with Crippen LogP contribution in [-0.4, -0.2) is 50.1 Å². The van der Waals surface area contributed by atoms with Crippen molar-refractivity contribution in [3.63, 3.8) is 0 Å². The van der Waals surface area contributed by atoms with Crippen molar-refractivity contribution in [2.45, 2.75) is 0 Å². The highest BCUT2D eigenvalue weighted by Gasteiger charge is 2.12. The normalized spacial score (nSPS) is 18.2. The average molecular weight is 183 g/mol. The average Bonchev–Trinajstić information content (AvgIpc) is 2.16. The zero-order valence-corrected chi connectivity index (χ0v) is 7.88. The van der Waals surface area contributed by atoms with Gasteiger partial charge in [0, 0.05) is 32.7 Å². The van der Waals surface area contributed by atoms with Crippen LogP contribution in [0.5, 0.6) is 0 Å². The van der Waals surface area contributed by atoms with Crippen LogP contribution in [0.2, 0.25) is 0 Å². The monoisotopic (exact) mass is 183 g/mol. The first-order chi connectivity index (χ1) is 6.33. The fourth-order valence-corrected chi connectivity index (χ4v) is 1.31. The van der Waals surface area contributed by atoms with Crippen molar-refractivity contribution in [3.05, 3.63) is 12.7 Å². The Hall–Kier alpha value is -0.870. The van der Waals surface area contributed by atoms with E-state index in [4.69, 9.17) is 0 Å². The molecule has 1 saturated heterocycles. The summed E-state index contributed by atoms with van der Waals surface area (Å²) in [6.07, 6.45) is 1.69. The first kappa shape index (κ1) is 10.2. The Morgan fingerprint density at radius 1 is 1.54 bits per heavy atom. The molecule has 0 aromatic carbocycles. The molecule has 1 aliphatic rings. The Morgan fingerprint density at radius 3 is 2.85 bits per heavy atom. The molecule has 1 rings (SSSR count). The molecule has 4 nitrogen and oxygen atoms in total. The number of amides is 1. The largest absolute Gasteiger partial charge is 0.352 e. The maximum Gasteiger partial charge on any atom is 0.234 e. The van der Waals surface area contributed by atoms with Gasteiger partial charge in [0.15, 0.2) is 0 Å². The van der Waals surface area contributed by atoms with Crippen LogP contribution in [0.1, 0.15) is 0 Å². The smallest absolute Gasteiger partial charge is 0.234 e. The van der Waals surface area contributed by atoms with E-state index in [1.165, 1.54) is 0 Å². The van der Waals surface area contributed by atoms with Crippen molar-refractivity contribution >= 4 is 5.91 Å². The molecule has 0 bridgehead atoms. The highest BCUT2D eigenvalue weighted by molar-refractivity contribution is 5.78. The third kappa shape index (κ3) is 4.05. The lowest BCUT2D eigenvalue weighted by Gasteiger charge is -2.26. The molecule has 74 valence electrons. The maximum absolute atomic E-state index is 11.2. The topological polar surface area (TPSA) is 44.4 Å². The number of piperazine rings is 1. The summed E-state index contributed by atoms with van der Waals surface area (Å²) in [6, 6.07) is 0. The van der Waals surface area contributed by atoms with E-state index in [0.29, 0.717) is 13.1 Å². The van der Waals surface area contributed by atoms with Crippen LogP contribution in [0, 0.1) is 0 Å². The van der Waals surface area contributed by atoms with Gasteiger partial charge in [0.05, 0.1) is 6.54 Å². The third-order valence-corrected chi connectivity index (χ3v) is 2.02. The lowest BCUT2D eigenvalue weighted by atomic mass is 10.3. The Morgan fingerprint density at radius 2 is 2.23 bits per heavy atom. The van der Waals surface area contributed by atoms with Gasteiger partial charge in [0.1, 0.15) is 0 Å². The van der Waals surface area contributed by atoms with Gasteiger partial charge < -0.3 is 10.6 Å². The summed E-state index contributed by atoms with van der Waals surface area (Å²) in [5.74, 6) is 0.0850. The number of rotatable bonds is 4. The Labute approximate surface area is 79.0 Å². The predicted molar refractivity (Wildman–Crippen MR) is 52.5 cm³/mol. The van der Waals surface area contributed by atoms with E-state index in [2.05, 4.69) is 22.1 Å². The van der Waals surface area contributed by atoms with E-state index in [-0.39, 0.29) is 5.91 Å². The number of carbonyl (C=O) groups is 1. The molecular weight excluding hydrogens is 166 g/mol. The number of nitrogens with one attached hydrogen (secondary N) is 2. The molecule has 0 unspecified atom stereocenters. The summed E-state index contributed by atoms with van der Waals surface area (Å²) in [7, 11) is 0. The van der Waals surface area contributed by atoms with Crippen LogP contribution in [0.25, 0.3) is 0 Å². The van der Waals surface area contributed by atoms with Gasteiger partial charge in [0.2, 0.25) is 5.91 Å². The lowest BCUT2D eigenvalue weighted by Crippen LogP contribution is -2.47.